The summed E-state index contributed by atoms with van der Waals surface area (Å²) in [6.45, 7) is 6.52. The third kappa shape index (κ3) is 8.22. The van der Waals surface area contributed by atoms with Crippen LogP contribution in [0.2, 0.25) is 0 Å². The first-order valence-corrected chi connectivity index (χ1v) is 7.68. The van der Waals surface area contributed by atoms with Crippen LogP contribution in [0.1, 0.15) is 52.4 Å². The maximum absolute atomic E-state index is 11.8. The molecule has 2 unspecified atom stereocenters. The lowest BCUT2D eigenvalue weighted by molar-refractivity contribution is -0.122. The van der Waals surface area contributed by atoms with Crippen LogP contribution >= 0.6 is 0 Å². The number of nitrogens with two attached hydrogens (primary N) is 1. The van der Waals surface area contributed by atoms with Crippen LogP contribution in [0, 0.1) is 11.8 Å². The van der Waals surface area contributed by atoms with Crippen LogP contribution in [0.5, 0.6) is 0 Å². The average molecular weight is 270 g/mol. The number of nitrogens with one attached hydrogen (secondary N) is 1. The summed E-state index contributed by atoms with van der Waals surface area (Å²) in [5, 5.41) is 2.97. The fourth-order valence-electron chi connectivity index (χ4n) is 2.57. The summed E-state index contributed by atoms with van der Waals surface area (Å²) in [4.78, 5) is 11.8. The summed E-state index contributed by atoms with van der Waals surface area (Å²) in [7, 11) is 0. The largest absolute Gasteiger partial charge is 0.381 e. The molecule has 19 heavy (non-hydrogen) atoms. The Hall–Kier alpha value is -0.610. The van der Waals surface area contributed by atoms with Gasteiger partial charge in [-0.15, -0.1) is 0 Å². The number of hydrogen-bond donors (Lipinski definition) is 2. The van der Waals surface area contributed by atoms with E-state index in [4.69, 9.17) is 10.5 Å². The fraction of sp³-hybridized carbons (Fsp3) is 0.933. The summed E-state index contributed by atoms with van der Waals surface area (Å²) in [6, 6.07) is 0.302. The SMILES string of the molecule is CC(C)COCCCNC(=O)CC1CCCC(N)C1. The Morgan fingerprint density at radius 1 is 1.42 bits per heavy atom. The highest BCUT2D eigenvalue weighted by Gasteiger charge is 2.21. The van der Waals surface area contributed by atoms with Crippen LogP contribution in [0.3, 0.4) is 0 Å². The van der Waals surface area contributed by atoms with Gasteiger partial charge in [-0.3, -0.25) is 4.79 Å². The second kappa shape index (κ2) is 9.32. The Bertz CT molecular complexity index is 257. The molecular formula is C15H30N2O2. The number of rotatable bonds is 8. The van der Waals surface area contributed by atoms with E-state index in [9.17, 15) is 4.79 Å². The molecule has 0 radical (unpaired) electrons. The Morgan fingerprint density at radius 3 is 2.89 bits per heavy atom. The minimum absolute atomic E-state index is 0.169. The van der Waals surface area contributed by atoms with Gasteiger partial charge in [0.05, 0.1) is 0 Å². The van der Waals surface area contributed by atoms with Crippen molar-refractivity contribution in [2.75, 3.05) is 19.8 Å². The van der Waals surface area contributed by atoms with Crippen molar-refractivity contribution in [1.29, 1.82) is 0 Å². The molecule has 0 aromatic carbocycles. The Kier molecular flexibility index (Phi) is 8.07. The molecule has 4 heteroatoms. The molecule has 1 saturated carbocycles. The van der Waals surface area contributed by atoms with Gasteiger partial charge in [0.2, 0.25) is 5.91 Å². The molecule has 2 atom stereocenters. The Balaban J connectivity index is 1.98. The number of carbonyl (C=O) groups excluding carboxylic acids is 1. The average Bonchev–Trinajstić information content (AvgIpc) is 2.33. The van der Waals surface area contributed by atoms with Crippen molar-refractivity contribution >= 4 is 5.91 Å². The van der Waals surface area contributed by atoms with Gasteiger partial charge in [0.25, 0.3) is 0 Å². The molecule has 0 saturated heterocycles. The molecule has 1 fully saturated rings. The normalized spacial score (nSPS) is 23.6. The molecular weight excluding hydrogens is 240 g/mol. The minimum Gasteiger partial charge on any atom is -0.381 e. The fourth-order valence-corrected chi connectivity index (χ4v) is 2.57. The lowest BCUT2D eigenvalue weighted by atomic mass is 9.84. The Labute approximate surface area is 117 Å². The quantitative estimate of drug-likeness (QED) is 0.664. The summed E-state index contributed by atoms with van der Waals surface area (Å²) in [6.07, 6.45) is 5.97. The highest BCUT2D eigenvalue weighted by molar-refractivity contribution is 5.76. The van der Waals surface area contributed by atoms with Gasteiger partial charge in [0, 0.05) is 32.2 Å². The first-order chi connectivity index (χ1) is 9.08. The topological polar surface area (TPSA) is 64.3 Å². The molecule has 0 aliphatic heterocycles. The van der Waals surface area contributed by atoms with Crippen LogP contribution in [0.15, 0.2) is 0 Å². The predicted octanol–water partition coefficient (Wildman–Crippen LogP) is 2.07. The summed E-state index contributed by atoms with van der Waals surface area (Å²) in [5.41, 5.74) is 5.93. The molecule has 4 nitrogen and oxygen atoms in total. The molecule has 0 spiro atoms. The first-order valence-electron chi connectivity index (χ1n) is 7.68. The summed E-state index contributed by atoms with van der Waals surface area (Å²) < 4.78 is 5.47. The van der Waals surface area contributed by atoms with E-state index in [0.29, 0.717) is 24.3 Å². The van der Waals surface area contributed by atoms with Crippen molar-refractivity contribution in [2.45, 2.75) is 58.4 Å². The van der Waals surface area contributed by atoms with Crippen molar-refractivity contribution in [3.05, 3.63) is 0 Å². The molecule has 3 N–H and O–H groups in total. The maximum atomic E-state index is 11.8. The van der Waals surface area contributed by atoms with E-state index in [0.717, 1.165) is 45.4 Å². The molecule has 0 aromatic heterocycles. The van der Waals surface area contributed by atoms with Gasteiger partial charge in [0.1, 0.15) is 0 Å². The zero-order valence-electron chi connectivity index (χ0n) is 12.5. The van der Waals surface area contributed by atoms with E-state index in [1.165, 1.54) is 6.42 Å². The Morgan fingerprint density at radius 2 is 2.21 bits per heavy atom. The number of carbonyl (C=O) groups is 1. The maximum Gasteiger partial charge on any atom is 0.220 e. The lowest BCUT2D eigenvalue weighted by Gasteiger charge is -2.26. The molecule has 0 bridgehead atoms. The van der Waals surface area contributed by atoms with Crippen molar-refractivity contribution in [1.82, 2.24) is 5.32 Å². The van der Waals surface area contributed by atoms with Gasteiger partial charge in [-0.05, 0) is 37.5 Å². The molecule has 1 amide bonds. The monoisotopic (exact) mass is 270 g/mol. The lowest BCUT2D eigenvalue weighted by Crippen LogP contribution is -2.32. The van der Waals surface area contributed by atoms with Gasteiger partial charge >= 0.3 is 0 Å². The van der Waals surface area contributed by atoms with Gasteiger partial charge in [-0.1, -0.05) is 20.3 Å². The number of amides is 1. The molecule has 112 valence electrons. The van der Waals surface area contributed by atoms with Gasteiger partial charge in [0.15, 0.2) is 0 Å². The van der Waals surface area contributed by atoms with E-state index >= 15 is 0 Å². The highest BCUT2D eigenvalue weighted by atomic mass is 16.5. The molecule has 1 aliphatic rings. The van der Waals surface area contributed by atoms with Gasteiger partial charge in [-0.2, -0.15) is 0 Å². The van der Waals surface area contributed by atoms with E-state index in [1.807, 2.05) is 0 Å². The van der Waals surface area contributed by atoms with Crippen molar-refractivity contribution in [3.8, 4) is 0 Å². The second-order valence-corrected chi connectivity index (χ2v) is 6.17. The van der Waals surface area contributed by atoms with E-state index in [-0.39, 0.29) is 5.91 Å². The van der Waals surface area contributed by atoms with Crippen LogP contribution in [0.4, 0.5) is 0 Å². The van der Waals surface area contributed by atoms with Gasteiger partial charge in [-0.25, -0.2) is 0 Å². The van der Waals surface area contributed by atoms with Crippen LogP contribution in [0.25, 0.3) is 0 Å². The summed E-state index contributed by atoms with van der Waals surface area (Å²) in [5.74, 6) is 1.23. The molecule has 1 aliphatic carbocycles. The third-order valence-electron chi connectivity index (χ3n) is 3.54. The third-order valence-corrected chi connectivity index (χ3v) is 3.54. The zero-order chi connectivity index (χ0) is 14.1. The molecule has 0 aromatic rings. The van der Waals surface area contributed by atoms with Crippen LogP contribution in [-0.4, -0.2) is 31.7 Å². The summed E-state index contributed by atoms with van der Waals surface area (Å²) >= 11 is 0. The minimum atomic E-state index is 0.169. The van der Waals surface area contributed by atoms with E-state index in [2.05, 4.69) is 19.2 Å². The zero-order valence-corrected chi connectivity index (χ0v) is 12.5. The van der Waals surface area contributed by atoms with E-state index < -0.39 is 0 Å². The standard InChI is InChI=1S/C15H30N2O2/c1-12(2)11-19-8-4-7-17-15(18)10-13-5-3-6-14(16)9-13/h12-14H,3-11,16H2,1-2H3,(H,17,18). The van der Waals surface area contributed by atoms with Crippen molar-refractivity contribution < 1.29 is 9.53 Å². The van der Waals surface area contributed by atoms with Crippen LogP contribution < -0.4 is 11.1 Å². The first kappa shape index (κ1) is 16.4. The molecule has 1 rings (SSSR count). The van der Waals surface area contributed by atoms with Gasteiger partial charge < -0.3 is 15.8 Å². The molecule has 0 heterocycles. The number of ether oxygens (including phenoxy) is 1. The van der Waals surface area contributed by atoms with Crippen LogP contribution in [-0.2, 0) is 9.53 Å². The number of hydrogen-bond acceptors (Lipinski definition) is 3. The predicted molar refractivity (Wildman–Crippen MR) is 77.8 cm³/mol. The smallest absolute Gasteiger partial charge is 0.220 e. The second-order valence-electron chi connectivity index (χ2n) is 6.17. The highest BCUT2D eigenvalue weighted by Crippen LogP contribution is 2.25. The van der Waals surface area contributed by atoms with Crippen molar-refractivity contribution in [2.24, 2.45) is 17.6 Å². The van der Waals surface area contributed by atoms with E-state index in [1.54, 1.807) is 0 Å². The van der Waals surface area contributed by atoms with Crippen molar-refractivity contribution in [3.63, 3.8) is 0 Å².